The van der Waals surface area contributed by atoms with E-state index in [1.54, 1.807) is 13.3 Å². The topological polar surface area (TPSA) is 75.7 Å². The van der Waals surface area contributed by atoms with E-state index in [1.165, 1.54) is 32.1 Å². The minimum absolute atomic E-state index is 0.464. The first-order valence-corrected chi connectivity index (χ1v) is 11.0. The Balaban J connectivity index is 1.50. The second-order valence-electron chi connectivity index (χ2n) is 7.95. The van der Waals surface area contributed by atoms with E-state index in [2.05, 4.69) is 37.4 Å². The molecule has 0 unspecified atom stereocenters. The lowest BCUT2D eigenvalue weighted by atomic mass is 9.95. The molecule has 0 bridgehead atoms. The maximum atomic E-state index is 6.39. The standard InChI is InChI=1S/C24H24ClN5O/c1-31-23-8-7-15(12-26-23)17-9-19-20(14-28-24(19)27-13-17)16-10-21(25)30-22(11-16)29-18-5-3-2-4-6-18/h7-14,18H,2-6H2,1H3,(H,27,28)(H,29,30). The van der Waals surface area contributed by atoms with Crippen molar-refractivity contribution >= 4 is 28.5 Å². The van der Waals surface area contributed by atoms with Gasteiger partial charge in [0, 0.05) is 52.8 Å². The van der Waals surface area contributed by atoms with E-state index in [-0.39, 0.29) is 0 Å². The number of halogens is 1. The van der Waals surface area contributed by atoms with Crippen LogP contribution in [0.5, 0.6) is 5.88 Å². The van der Waals surface area contributed by atoms with Gasteiger partial charge in [-0.1, -0.05) is 30.9 Å². The number of rotatable bonds is 5. The highest BCUT2D eigenvalue weighted by atomic mass is 35.5. The molecule has 31 heavy (non-hydrogen) atoms. The van der Waals surface area contributed by atoms with E-state index in [9.17, 15) is 0 Å². The maximum absolute atomic E-state index is 6.39. The van der Waals surface area contributed by atoms with Crippen molar-refractivity contribution < 1.29 is 4.74 Å². The number of nitrogens with one attached hydrogen (secondary N) is 2. The van der Waals surface area contributed by atoms with Crippen molar-refractivity contribution in [2.75, 3.05) is 12.4 Å². The molecule has 6 nitrogen and oxygen atoms in total. The van der Waals surface area contributed by atoms with Crippen LogP contribution in [0.25, 0.3) is 33.3 Å². The molecular formula is C24H24ClN5O. The minimum Gasteiger partial charge on any atom is -0.481 e. The van der Waals surface area contributed by atoms with E-state index in [0.29, 0.717) is 17.1 Å². The highest BCUT2D eigenvalue weighted by Crippen LogP contribution is 2.33. The lowest BCUT2D eigenvalue weighted by molar-refractivity contribution is 0.398. The summed E-state index contributed by atoms with van der Waals surface area (Å²) in [5.74, 6) is 1.41. The fourth-order valence-electron chi connectivity index (χ4n) is 4.25. The quantitative estimate of drug-likeness (QED) is 0.372. The molecule has 0 amide bonds. The first-order chi connectivity index (χ1) is 15.2. The summed E-state index contributed by atoms with van der Waals surface area (Å²) in [4.78, 5) is 16.7. The predicted molar refractivity (Wildman–Crippen MR) is 125 cm³/mol. The van der Waals surface area contributed by atoms with Crippen molar-refractivity contribution in [1.82, 2.24) is 19.9 Å². The second kappa shape index (κ2) is 8.55. The van der Waals surface area contributed by atoms with Crippen LogP contribution in [-0.4, -0.2) is 33.1 Å². The molecule has 158 valence electrons. The van der Waals surface area contributed by atoms with Crippen LogP contribution in [0.4, 0.5) is 5.82 Å². The predicted octanol–water partition coefficient (Wildman–Crippen LogP) is 6.09. The number of pyridine rings is 3. The number of aromatic nitrogens is 4. The van der Waals surface area contributed by atoms with Gasteiger partial charge in [0.1, 0.15) is 16.6 Å². The molecule has 0 atom stereocenters. The Labute approximate surface area is 186 Å². The number of ether oxygens (including phenoxy) is 1. The monoisotopic (exact) mass is 433 g/mol. The highest BCUT2D eigenvalue weighted by molar-refractivity contribution is 6.29. The summed E-state index contributed by atoms with van der Waals surface area (Å²) in [6.07, 6.45) is 11.8. The molecular weight excluding hydrogens is 410 g/mol. The molecule has 1 aliphatic rings. The Bertz CT molecular complexity index is 1200. The summed E-state index contributed by atoms with van der Waals surface area (Å²) < 4.78 is 5.16. The average Bonchev–Trinajstić information content (AvgIpc) is 3.23. The van der Waals surface area contributed by atoms with Crippen LogP contribution in [0.15, 0.2) is 48.9 Å². The van der Waals surface area contributed by atoms with Gasteiger partial charge in [-0.25, -0.2) is 15.0 Å². The van der Waals surface area contributed by atoms with Gasteiger partial charge < -0.3 is 15.0 Å². The summed E-state index contributed by atoms with van der Waals surface area (Å²) in [6, 6.07) is 10.4. The minimum atomic E-state index is 0.464. The van der Waals surface area contributed by atoms with Gasteiger partial charge in [0.2, 0.25) is 5.88 Å². The number of hydrogen-bond acceptors (Lipinski definition) is 5. The molecule has 0 aromatic carbocycles. The first kappa shape index (κ1) is 19.8. The van der Waals surface area contributed by atoms with Gasteiger partial charge in [-0.05, 0) is 42.7 Å². The third kappa shape index (κ3) is 4.21. The molecule has 0 spiro atoms. The van der Waals surface area contributed by atoms with Gasteiger partial charge in [0.05, 0.1) is 7.11 Å². The molecule has 0 aliphatic heterocycles. The maximum Gasteiger partial charge on any atom is 0.212 e. The van der Waals surface area contributed by atoms with Crippen molar-refractivity contribution in [1.29, 1.82) is 0 Å². The Morgan fingerprint density at radius 2 is 1.84 bits per heavy atom. The summed E-state index contributed by atoms with van der Waals surface area (Å²) in [7, 11) is 1.61. The first-order valence-electron chi connectivity index (χ1n) is 10.6. The van der Waals surface area contributed by atoms with Crippen molar-refractivity contribution in [3.8, 4) is 28.1 Å². The zero-order chi connectivity index (χ0) is 21.2. The lowest BCUT2D eigenvalue weighted by Crippen LogP contribution is -2.22. The Kier molecular flexibility index (Phi) is 5.47. The van der Waals surface area contributed by atoms with Gasteiger partial charge in [0.15, 0.2) is 0 Å². The smallest absolute Gasteiger partial charge is 0.212 e. The van der Waals surface area contributed by atoms with Crippen LogP contribution in [0.3, 0.4) is 0 Å². The van der Waals surface area contributed by atoms with Crippen molar-refractivity contribution in [2.45, 2.75) is 38.1 Å². The molecule has 4 aromatic rings. The second-order valence-corrected chi connectivity index (χ2v) is 8.34. The van der Waals surface area contributed by atoms with Gasteiger partial charge >= 0.3 is 0 Å². The largest absolute Gasteiger partial charge is 0.481 e. The van der Waals surface area contributed by atoms with E-state index in [0.717, 1.165) is 39.1 Å². The fourth-order valence-corrected chi connectivity index (χ4v) is 4.46. The number of anilines is 1. The Morgan fingerprint density at radius 3 is 2.61 bits per heavy atom. The van der Waals surface area contributed by atoms with Crippen molar-refractivity contribution in [3.05, 3.63) is 54.1 Å². The Hall–Kier alpha value is -3.12. The molecule has 4 heterocycles. The fraction of sp³-hybridized carbons (Fsp3) is 0.292. The summed E-state index contributed by atoms with van der Waals surface area (Å²) in [5.41, 5.74) is 4.85. The van der Waals surface area contributed by atoms with Crippen LogP contribution in [-0.2, 0) is 0 Å². The number of hydrogen-bond donors (Lipinski definition) is 2. The SMILES string of the molecule is COc1ccc(-c2cnc3[nH]cc(-c4cc(Cl)nc(NC5CCCCC5)c4)c3c2)cn1. The molecule has 1 saturated carbocycles. The molecule has 1 aliphatic carbocycles. The van der Waals surface area contributed by atoms with Crippen LogP contribution < -0.4 is 10.1 Å². The van der Waals surface area contributed by atoms with Gasteiger partial charge in [-0.2, -0.15) is 0 Å². The van der Waals surface area contributed by atoms with E-state index in [1.807, 2.05) is 30.6 Å². The van der Waals surface area contributed by atoms with Crippen LogP contribution >= 0.6 is 11.6 Å². The molecule has 0 radical (unpaired) electrons. The summed E-state index contributed by atoms with van der Waals surface area (Å²) in [6.45, 7) is 0. The summed E-state index contributed by atoms with van der Waals surface area (Å²) >= 11 is 6.39. The molecule has 7 heteroatoms. The molecule has 1 fully saturated rings. The normalized spacial score (nSPS) is 14.6. The third-order valence-corrected chi connectivity index (χ3v) is 6.07. The van der Waals surface area contributed by atoms with E-state index >= 15 is 0 Å². The van der Waals surface area contributed by atoms with Gasteiger partial charge in [-0.3, -0.25) is 0 Å². The molecule has 5 rings (SSSR count). The zero-order valence-electron chi connectivity index (χ0n) is 17.4. The van der Waals surface area contributed by atoms with Crippen LogP contribution in [0.2, 0.25) is 5.15 Å². The summed E-state index contributed by atoms with van der Waals surface area (Å²) in [5, 5.41) is 5.09. The molecule has 4 aromatic heterocycles. The van der Waals surface area contributed by atoms with Crippen LogP contribution in [0, 0.1) is 0 Å². The Morgan fingerprint density at radius 1 is 1.00 bits per heavy atom. The van der Waals surface area contributed by atoms with E-state index < -0.39 is 0 Å². The van der Waals surface area contributed by atoms with Gasteiger partial charge in [-0.15, -0.1) is 0 Å². The highest BCUT2D eigenvalue weighted by Gasteiger charge is 2.16. The van der Waals surface area contributed by atoms with Gasteiger partial charge in [0.25, 0.3) is 0 Å². The lowest BCUT2D eigenvalue weighted by Gasteiger charge is -2.23. The molecule has 2 N–H and O–H groups in total. The number of H-pyrrole nitrogens is 1. The average molecular weight is 434 g/mol. The number of nitrogens with zero attached hydrogens (tertiary/aromatic N) is 3. The number of methoxy groups -OCH3 is 1. The third-order valence-electron chi connectivity index (χ3n) is 5.87. The zero-order valence-corrected chi connectivity index (χ0v) is 18.1. The van der Waals surface area contributed by atoms with E-state index in [4.69, 9.17) is 16.3 Å². The number of fused-ring (bicyclic) bond motifs is 1. The van der Waals surface area contributed by atoms with Crippen molar-refractivity contribution in [3.63, 3.8) is 0 Å². The van der Waals surface area contributed by atoms with Crippen molar-refractivity contribution in [2.24, 2.45) is 0 Å². The molecule has 0 saturated heterocycles. The van der Waals surface area contributed by atoms with Crippen LogP contribution in [0.1, 0.15) is 32.1 Å². The number of aromatic amines is 1.